The largest absolute Gasteiger partial charge is 0.464 e. The lowest BCUT2D eigenvalue weighted by atomic mass is 10.2. The lowest BCUT2D eigenvalue weighted by molar-refractivity contribution is 0.0770. The molecule has 118 valence electrons. The van der Waals surface area contributed by atoms with Crippen LogP contribution in [0.4, 0.5) is 0 Å². The van der Waals surface area contributed by atoms with Gasteiger partial charge >= 0.3 is 0 Å². The second kappa shape index (κ2) is 5.30. The molecule has 0 aliphatic heterocycles. The van der Waals surface area contributed by atoms with E-state index in [0.717, 1.165) is 28.3 Å². The van der Waals surface area contributed by atoms with Gasteiger partial charge in [-0.3, -0.25) is 4.79 Å². The summed E-state index contributed by atoms with van der Waals surface area (Å²) in [5.74, 6) is 3.15. The molecule has 0 radical (unpaired) electrons. The molecule has 1 fully saturated rings. The second-order valence-electron chi connectivity index (χ2n) is 6.56. The fraction of sp³-hybridized carbons (Fsp3) is 0.316. The van der Waals surface area contributed by atoms with Crippen molar-refractivity contribution in [3.8, 4) is 0 Å². The Morgan fingerprint density at radius 1 is 1.30 bits per heavy atom. The number of H-pyrrole nitrogens is 1. The van der Waals surface area contributed by atoms with Crippen molar-refractivity contribution >= 4 is 16.8 Å². The molecule has 4 heteroatoms. The maximum atomic E-state index is 12.6. The molecule has 1 N–H and O–H groups in total. The summed E-state index contributed by atoms with van der Waals surface area (Å²) in [6.45, 7) is 2.72. The Kier molecular flexibility index (Phi) is 3.26. The molecule has 1 aliphatic carbocycles. The van der Waals surface area contributed by atoms with Crippen molar-refractivity contribution in [1.82, 2.24) is 9.88 Å². The van der Waals surface area contributed by atoms with Gasteiger partial charge in [0.2, 0.25) is 0 Å². The SMILES string of the molecule is C[C@H]1C[C@H]1c1ccc(CN(C)C(=O)c2cc3ccccc3[nH]2)o1. The van der Waals surface area contributed by atoms with E-state index in [9.17, 15) is 4.79 Å². The second-order valence-corrected chi connectivity index (χ2v) is 6.56. The number of benzene rings is 1. The molecule has 23 heavy (non-hydrogen) atoms. The van der Waals surface area contributed by atoms with E-state index < -0.39 is 0 Å². The van der Waals surface area contributed by atoms with E-state index in [1.165, 1.54) is 6.42 Å². The highest BCUT2D eigenvalue weighted by Crippen LogP contribution is 2.47. The third-order valence-electron chi connectivity index (χ3n) is 4.66. The summed E-state index contributed by atoms with van der Waals surface area (Å²) >= 11 is 0. The van der Waals surface area contributed by atoms with E-state index in [2.05, 4.69) is 11.9 Å². The summed E-state index contributed by atoms with van der Waals surface area (Å²) < 4.78 is 5.89. The molecular weight excluding hydrogens is 288 g/mol. The summed E-state index contributed by atoms with van der Waals surface area (Å²) in [4.78, 5) is 17.4. The van der Waals surface area contributed by atoms with E-state index in [1.54, 1.807) is 11.9 Å². The first kappa shape index (κ1) is 14.1. The Labute approximate surface area is 135 Å². The molecule has 3 aromatic rings. The highest BCUT2D eigenvalue weighted by molar-refractivity contribution is 5.97. The van der Waals surface area contributed by atoms with Crippen molar-refractivity contribution < 1.29 is 9.21 Å². The van der Waals surface area contributed by atoms with Gasteiger partial charge in [0.1, 0.15) is 17.2 Å². The standard InChI is InChI=1S/C19H20N2O2/c1-12-9-15(12)18-8-7-14(23-18)11-21(2)19(22)17-10-13-5-3-4-6-16(13)20-17/h3-8,10,12,15,20H,9,11H2,1-2H3/t12-,15+/m0/s1. The van der Waals surface area contributed by atoms with Crippen LogP contribution in [0.1, 0.15) is 41.3 Å². The van der Waals surface area contributed by atoms with Gasteiger partial charge < -0.3 is 14.3 Å². The molecule has 2 aromatic heterocycles. The van der Waals surface area contributed by atoms with Gasteiger partial charge in [-0.1, -0.05) is 25.1 Å². The lowest BCUT2D eigenvalue weighted by Gasteiger charge is -2.14. The normalized spacial score (nSPS) is 19.9. The minimum atomic E-state index is -0.0288. The van der Waals surface area contributed by atoms with Gasteiger partial charge in [-0.2, -0.15) is 0 Å². The predicted octanol–water partition coefficient (Wildman–Crippen LogP) is 4.16. The maximum absolute atomic E-state index is 12.6. The Hall–Kier alpha value is -2.49. The van der Waals surface area contributed by atoms with Crippen LogP contribution < -0.4 is 0 Å². The molecule has 4 nitrogen and oxygen atoms in total. The minimum Gasteiger partial charge on any atom is -0.464 e. The van der Waals surface area contributed by atoms with E-state index >= 15 is 0 Å². The number of hydrogen-bond donors (Lipinski definition) is 1. The number of carbonyl (C=O) groups excluding carboxylic acids is 1. The lowest BCUT2D eigenvalue weighted by Crippen LogP contribution is -2.26. The Balaban J connectivity index is 1.48. The van der Waals surface area contributed by atoms with Gasteiger partial charge in [0.25, 0.3) is 5.91 Å². The zero-order valence-corrected chi connectivity index (χ0v) is 13.4. The summed E-state index contributed by atoms with van der Waals surface area (Å²) in [7, 11) is 1.80. The van der Waals surface area contributed by atoms with Gasteiger partial charge in [0.05, 0.1) is 6.54 Å². The monoisotopic (exact) mass is 308 g/mol. The first-order valence-electron chi connectivity index (χ1n) is 8.03. The molecule has 0 unspecified atom stereocenters. The molecule has 0 spiro atoms. The number of furan rings is 1. The minimum absolute atomic E-state index is 0.0288. The first-order chi connectivity index (χ1) is 11.1. The van der Waals surface area contributed by atoms with Crippen LogP contribution in [0.15, 0.2) is 46.9 Å². The van der Waals surface area contributed by atoms with Crippen LogP contribution in [0, 0.1) is 5.92 Å². The van der Waals surface area contributed by atoms with Gasteiger partial charge in [0.15, 0.2) is 0 Å². The molecule has 1 aliphatic rings. The zero-order valence-electron chi connectivity index (χ0n) is 13.4. The molecular formula is C19H20N2O2. The smallest absolute Gasteiger partial charge is 0.270 e. The van der Waals surface area contributed by atoms with Crippen molar-refractivity contribution in [3.05, 3.63) is 59.7 Å². The topological polar surface area (TPSA) is 49.2 Å². The molecule has 0 bridgehead atoms. The molecule has 1 amide bonds. The molecule has 2 heterocycles. The van der Waals surface area contributed by atoms with Crippen molar-refractivity contribution in [1.29, 1.82) is 0 Å². The van der Waals surface area contributed by atoms with E-state index in [4.69, 9.17) is 4.42 Å². The number of aromatic nitrogens is 1. The van der Waals surface area contributed by atoms with Gasteiger partial charge in [-0.15, -0.1) is 0 Å². The Morgan fingerprint density at radius 3 is 2.83 bits per heavy atom. The van der Waals surface area contributed by atoms with Crippen LogP contribution in [-0.2, 0) is 6.54 Å². The number of carbonyl (C=O) groups is 1. The zero-order chi connectivity index (χ0) is 16.0. The third kappa shape index (κ3) is 2.65. The summed E-state index contributed by atoms with van der Waals surface area (Å²) in [5, 5.41) is 1.05. The van der Waals surface area contributed by atoms with E-state index in [0.29, 0.717) is 18.2 Å². The van der Waals surface area contributed by atoms with Crippen LogP contribution in [-0.4, -0.2) is 22.8 Å². The molecule has 1 saturated carbocycles. The van der Waals surface area contributed by atoms with Crippen LogP contribution in [0.5, 0.6) is 0 Å². The predicted molar refractivity (Wildman–Crippen MR) is 89.3 cm³/mol. The van der Waals surface area contributed by atoms with Crippen molar-refractivity contribution in [3.63, 3.8) is 0 Å². The average molecular weight is 308 g/mol. The Bertz CT molecular complexity index is 828. The highest BCUT2D eigenvalue weighted by atomic mass is 16.3. The summed E-state index contributed by atoms with van der Waals surface area (Å²) in [6, 6.07) is 13.8. The third-order valence-corrected chi connectivity index (χ3v) is 4.66. The number of hydrogen-bond acceptors (Lipinski definition) is 2. The summed E-state index contributed by atoms with van der Waals surface area (Å²) in [5.41, 5.74) is 1.59. The van der Waals surface area contributed by atoms with Crippen LogP contribution >= 0.6 is 0 Å². The first-order valence-corrected chi connectivity index (χ1v) is 8.03. The summed E-state index contributed by atoms with van der Waals surface area (Å²) in [6.07, 6.45) is 1.21. The van der Waals surface area contributed by atoms with E-state index in [1.807, 2.05) is 42.5 Å². The number of aromatic amines is 1. The van der Waals surface area contributed by atoms with Crippen LogP contribution in [0.25, 0.3) is 10.9 Å². The number of nitrogens with zero attached hydrogens (tertiary/aromatic N) is 1. The number of amides is 1. The number of nitrogens with one attached hydrogen (secondary N) is 1. The fourth-order valence-electron chi connectivity index (χ4n) is 3.10. The van der Waals surface area contributed by atoms with Gasteiger partial charge in [-0.25, -0.2) is 0 Å². The molecule has 1 aromatic carbocycles. The number of rotatable bonds is 4. The fourth-order valence-corrected chi connectivity index (χ4v) is 3.10. The van der Waals surface area contributed by atoms with Gasteiger partial charge in [0, 0.05) is 23.9 Å². The van der Waals surface area contributed by atoms with Gasteiger partial charge in [-0.05, 0) is 36.6 Å². The average Bonchev–Trinajstić information content (AvgIpc) is 2.97. The molecule has 2 atom stereocenters. The highest BCUT2D eigenvalue weighted by Gasteiger charge is 2.36. The van der Waals surface area contributed by atoms with Crippen LogP contribution in [0.2, 0.25) is 0 Å². The molecule has 4 rings (SSSR count). The number of fused-ring (bicyclic) bond motifs is 1. The Morgan fingerprint density at radius 2 is 2.09 bits per heavy atom. The maximum Gasteiger partial charge on any atom is 0.270 e. The van der Waals surface area contributed by atoms with Crippen LogP contribution in [0.3, 0.4) is 0 Å². The molecule has 0 saturated heterocycles. The van der Waals surface area contributed by atoms with Crippen molar-refractivity contribution in [2.24, 2.45) is 5.92 Å². The van der Waals surface area contributed by atoms with Crippen molar-refractivity contribution in [2.75, 3.05) is 7.05 Å². The van der Waals surface area contributed by atoms with E-state index in [-0.39, 0.29) is 5.91 Å². The quantitative estimate of drug-likeness (QED) is 0.787. The van der Waals surface area contributed by atoms with Crippen molar-refractivity contribution in [2.45, 2.75) is 25.8 Å². The number of para-hydroxylation sites is 1.